The number of nitrogens with one attached hydrogen (secondary N) is 1. The first-order chi connectivity index (χ1) is 7.56. The summed E-state index contributed by atoms with van der Waals surface area (Å²) in [5, 5.41) is 15.8. The predicted molar refractivity (Wildman–Crippen MR) is 75.4 cm³/mol. The van der Waals surface area contributed by atoms with Crippen molar-refractivity contribution in [2.75, 3.05) is 10.7 Å². The number of nitrogens with two attached hydrogens (primary N) is 1. The molecule has 86 valence electrons. The number of Topliss-reactive ketones (excluding diaryl/α,β-unsaturated/α-hetero) is 1. The highest BCUT2D eigenvalue weighted by Crippen LogP contribution is 2.15. The van der Waals surface area contributed by atoms with Gasteiger partial charge in [0.1, 0.15) is 11.8 Å². The van der Waals surface area contributed by atoms with Gasteiger partial charge in [-0.25, -0.2) is 0 Å². The molecule has 4 nitrogen and oxygen atoms in total. The Morgan fingerprint density at radius 2 is 2.12 bits per heavy atom. The van der Waals surface area contributed by atoms with Crippen molar-refractivity contribution in [2.45, 2.75) is 6.92 Å². The zero-order chi connectivity index (χ0) is 12.7. The van der Waals surface area contributed by atoms with Crippen LogP contribution in [0.25, 0.3) is 0 Å². The van der Waals surface area contributed by atoms with Crippen LogP contribution in [0.4, 0.5) is 5.69 Å². The maximum absolute atomic E-state index is 11.0. The zero-order valence-corrected chi connectivity index (χ0v) is 11.2. The maximum atomic E-state index is 11.0. The molecule has 1 aromatic rings. The monoisotopic (exact) mass is 331 g/mol. The molecule has 1 rings (SSSR count). The van der Waals surface area contributed by atoms with E-state index >= 15 is 0 Å². The lowest BCUT2D eigenvalue weighted by Gasteiger charge is -2.03. The first kappa shape index (κ1) is 14.6. The van der Waals surface area contributed by atoms with Crippen molar-refractivity contribution >= 4 is 39.8 Å². The summed E-state index contributed by atoms with van der Waals surface area (Å²) < 4.78 is 0. The van der Waals surface area contributed by atoms with E-state index in [0.29, 0.717) is 11.1 Å². The van der Waals surface area contributed by atoms with E-state index in [1.54, 1.807) is 12.1 Å². The number of carbonyl (C=O) groups is 1. The Morgan fingerprint density at radius 3 is 2.50 bits per heavy atom. The number of nitrogen functional groups attached to an aromatic ring is 1. The fourth-order valence-electron chi connectivity index (χ4n) is 1.07. The van der Waals surface area contributed by atoms with Gasteiger partial charge in [-0.1, -0.05) is 28.7 Å². The normalized spacial score (nSPS) is 8.38. The van der Waals surface area contributed by atoms with Crippen LogP contribution in [0.5, 0.6) is 0 Å². The Morgan fingerprint density at radius 1 is 1.56 bits per heavy atom. The minimum atomic E-state index is -0.197. The predicted octanol–water partition coefficient (Wildman–Crippen LogP) is 2.66. The summed E-state index contributed by atoms with van der Waals surface area (Å²) in [6, 6.07) is 6.23. The topological polar surface area (TPSA) is 90.7 Å². The number of halogens is 1. The van der Waals surface area contributed by atoms with E-state index in [-0.39, 0.29) is 18.6 Å². The second-order valence-electron chi connectivity index (χ2n) is 2.85. The average molecular weight is 331 g/mol. The molecule has 0 heterocycles. The number of rotatable bonds is 2. The maximum Gasteiger partial charge on any atom is 0.159 e. The Labute approximate surface area is 110 Å². The number of hydrogen-bond acceptors (Lipinski definition) is 4. The Balaban J connectivity index is 0. The standard InChI is InChI=1S/C10H9N3O.CH3I.H2/c1-6(14)7-2-3-8(9(12)4-7)10(13)5-11;1-2;/h2-4,13H,12H2,1H3;1H3;1H. The molecule has 1 aromatic carbocycles. The molecule has 3 N–H and O–H groups in total. The van der Waals surface area contributed by atoms with E-state index in [0.717, 1.165) is 0 Å². The van der Waals surface area contributed by atoms with Gasteiger partial charge in [-0.2, -0.15) is 5.26 Å². The summed E-state index contributed by atoms with van der Waals surface area (Å²) >= 11 is 2.15. The highest BCUT2D eigenvalue weighted by Gasteiger charge is 2.07. The van der Waals surface area contributed by atoms with Gasteiger partial charge in [-0.15, -0.1) is 0 Å². The number of anilines is 1. The van der Waals surface area contributed by atoms with Crippen molar-refractivity contribution in [1.82, 2.24) is 0 Å². The lowest BCUT2D eigenvalue weighted by molar-refractivity contribution is 0.101. The Kier molecular flexibility index (Phi) is 6.34. The first-order valence-corrected chi connectivity index (χ1v) is 6.49. The number of nitriles is 1. The second kappa shape index (κ2) is 6.95. The van der Waals surface area contributed by atoms with Gasteiger partial charge in [0, 0.05) is 18.2 Å². The second-order valence-corrected chi connectivity index (χ2v) is 2.85. The molecule has 0 saturated heterocycles. The van der Waals surface area contributed by atoms with E-state index in [1.807, 2.05) is 4.93 Å². The van der Waals surface area contributed by atoms with Gasteiger partial charge < -0.3 is 5.73 Å². The highest BCUT2D eigenvalue weighted by molar-refractivity contribution is 14.1. The first-order valence-electron chi connectivity index (χ1n) is 4.33. The van der Waals surface area contributed by atoms with E-state index in [4.69, 9.17) is 16.4 Å². The van der Waals surface area contributed by atoms with Crippen LogP contribution in [-0.2, 0) is 0 Å². The third-order valence-corrected chi connectivity index (χ3v) is 1.84. The SMILES string of the molecule is CC(=O)c1ccc(C(=N)C#N)c(N)c1.CI.[HH]. The molecule has 0 atom stereocenters. The van der Waals surface area contributed by atoms with Gasteiger partial charge in [0.25, 0.3) is 0 Å². The van der Waals surface area contributed by atoms with Crippen LogP contribution in [0.1, 0.15) is 24.3 Å². The molecular formula is C11H14IN3O. The van der Waals surface area contributed by atoms with Crippen LogP contribution < -0.4 is 5.73 Å². The van der Waals surface area contributed by atoms with Crippen molar-refractivity contribution < 1.29 is 6.22 Å². The minimum absolute atomic E-state index is 0. The molecule has 0 aliphatic heterocycles. The number of benzene rings is 1. The fraction of sp³-hybridized carbons (Fsp3) is 0.182. The number of nitrogens with zero attached hydrogens (tertiary/aromatic N) is 1. The molecular weight excluding hydrogens is 317 g/mol. The zero-order valence-electron chi connectivity index (χ0n) is 9.04. The molecule has 0 radical (unpaired) electrons. The van der Waals surface area contributed by atoms with Gasteiger partial charge in [0.2, 0.25) is 0 Å². The van der Waals surface area contributed by atoms with Crippen molar-refractivity contribution in [3.05, 3.63) is 29.3 Å². The van der Waals surface area contributed by atoms with E-state index in [2.05, 4.69) is 22.6 Å². The molecule has 0 aliphatic rings. The largest absolute Gasteiger partial charge is 0.398 e. The number of carbonyl (C=O) groups excluding carboxylic acids is 1. The molecule has 0 saturated carbocycles. The van der Waals surface area contributed by atoms with Crippen molar-refractivity contribution in [3.63, 3.8) is 0 Å². The van der Waals surface area contributed by atoms with Gasteiger partial charge >= 0.3 is 0 Å². The van der Waals surface area contributed by atoms with E-state index in [1.165, 1.54) is 19.1 Å². The van der Waals surface area contributed by atoms with Gasteiger partial charge in [-0.3, -0.25) is 10.2 Å². The number of ketones is 1. The number of hydrogen-bond donors (Lipinski definition) is 2. The van der Waals surface area contributed by atoms with Crippen LogP contribution in [0.2, 0.25) is 0 Å². The van der Waals surface area contributed by atoms with Crippen molar-refractivity contribution in [1.29, 1.82) is 10.7 Å². The number of alkyl halides is 1. The summed E-state index contributed by atoms with van der Waals surface area (Å²) in [6.45, 7) is 1.43. The molecule has 0 unspecified atom stereocenters. The molecule has 5 heteroatoms. The molecule has 0 fully saturated rings. The molecule has 0 bridgehead atoms. The Hall–Kier alpha value is -1.42. The third kappa shape index (κ3) is 3.62. The van der Waals surface area contributed by atoms with Gasteiger partial charge in [0.05, 0.1) is 0 Å². The molecule has 0 amide bonds. The van der Waals surface area contributed by atoms with Crippen molar-refractivity contribution in [3.8, 4) is 6.07 Å². The van der Waals surface area contributed by atoms with Gasteiger partial charge in [0.15, 0.2) is 5.78 Å². The highest BCUT2D eigenvalue weighted by atomic mass is 127. The lowest BCUT2D eigenvalue weighted by atomic mass is 10.0. The van der Waals surface area contributed by atoms with Crippen LogP contribution in [-0.4, -0.2) is 16.4 Å². The van der Waals surface area contributed by atoms with Crippen LogP contribution in [0.3, 0.4) is 0 Å². The summed E-state index contributed by atoms with van der Waals surface area (Å²) in [7, 11) is 0. The molecule has 0 aliphatic carbocycles. The molecule has 16 heavy (non-hydrogen) atoms. The van der Waals surface area contributed by atoms with Crippen LogP contribution >= 0.6 is 22.6 Å². The third-order valence-electron chi connectivity index (χ3n) is 1.84. The quantitative estimate of drug-likeness (QED) is 0.287. The van der Waals surface area contributed by atoms with Crippen LogP contribution in [0.15, 0.2) is 18.2 Å². The summed E-state index contributed by atoms with van der Waals surface area (Å²) in [6.07, 6.45) is 0. The summed E-state index contributed by atoms with van der Waals surface area (Å²) in [4.78, 5) is 12.9. The van der Waals surface area contributed by atoms with Gasteiger partial charge in [-0.05, 0) is 24.0 Å². The van der Waals surface area contributed by atoms with E-state index < -0.39 is 0 Å². The van der Waals surface area contributed by atoms with Crippen LogP contribution in [0, 0.1) is 16.7 Å². The summed E-state index contributed by atoms with van der Waals surface area (Å²) in [5.74, 6) is -0.0910. The van der Waals surface area contributed by atoms with E-state index in [9.17, 15) is 4.79 Å². The minimum Gasteiger partial charge on any atom is -0.398 e. The molecule has 0 aromatic heterocycles. The van der Waals surface area contributed by atoms with Crippen molar-refractivity contribution in [2.24, 2.45) is 0 Å². The lowest BCUT2D eigenvalue weighted by Crippen LogP contribution is -2.03. The fourth-order valence-corrected chi connectivity index (χ4v) is 1.07. The smallest absolute Gasteiger partial charge is 0.159 e. The average Bonchev–Trinajstić information content (AvgIpc) is 2.30. The Bertz CT molecular complexity index is 455. The summed E-state index contributed by atoms with van der Waals surface area (Å²) in [5.41, 5.74) is 6.52. The molecule has 0 spiro atoms.